The zero-order chi connectivity index (χ0) is 10.8. The van der Waals surface area contributed by atoms with Crippen molar-refractivity contribution in [3.63, 3.8) is 0 Å². The normalized spacial score (nSPS) is 17.3. The van der Waals surface area contributed by atoms with Crippen molar-refractivity contribution in [3.8, 4) is 0 Å². The van der Waals surface area contributed by atoms with Gasteiger partial charge in [0.15, 0.2) is 0 Å². The lowest BCUT2D eigenvalue weighted by atomic mass is 10.1. The molecular weight excluding hydrogens is 238 g/mol. The van der Waals surface area contributed by atoms with Gasteiger partial charge < -0.3 is 0 Å². The highest BCUT2D eigenvalue weighted by atomic mass is 35.5. The van der Waals surface area contributed by atoms with E-state index in [9.17, 15) is 9.59 Å². The summed E-state index contributed by atoms with van der Waals surface area (Å²) in [6.07, 6.45) is 1.47. The van der Waals surface area contributed by atoms with E-state index < -0.39 is 0 Å². The Morgan fingerprint density at radius 3 is 2.53 bits per heavy atom. The van der Waals surface area contributed by atoms with Crippen LogP contribution in [0, 0.1) is 0 Å². The molecule has 0 spiro atoms. The Balaban J connectivity index is 2.13. The molecule has 0 saturated carbocycles. The molecule has 2 rings (SSSR count). The van der Waals surface area contributed by atoms with Gasteiger partial charge in [-0.1, -0.05) is 16.1 Å². The van der Waals surface area contributed by atoms with E-state index in [1.165, 1.54) is 4.90 Å². The Morgan fingerprint density at radius 1 is 1.33 bits per heavy atom. The minimum absolute atomic E-state index is 0.146. The lowest BCUT2D eigenvalue weighted by Crippen LogP contribution is -2.39. The summed E-state index contributed by atoms with van der Waals surface area (Å²) in [5, 5.41) is 3.77. The second kappa shape index (κ2) is 4.24. The third-order valence-corrected chi connectivity index (χ3v) is 3.19. The molecule has 1 aromatic rings. The van der Waals surface area contributed by atoms with Gasteiger partial charge in [0.05, 0.1) is 6.54 Å². The van der Waals surface area contributed by atoms with Crippen molar-refractivity contribution in [3.05, 3.63) is 10.0 Å². The topological polar surface area (TPSA) is 63.2 Å². The van der Waals surface area contributed by atoms with Gasteiger partial charge in [0, 0.05) is 24.4 Å². The fraction of sp³-hybridized carbons (Fsp3) is 0.500. The Bertz CT molecular complexity index is 390. The van der Waals surface area contributed by atoms with Crippen LogP contribution in [0.5, 0.6) is 0 Å². The molecule has 80 valence electrons. The number of likely N-dealkylation sites (tertiary alicyclic amines) is 1. The smallest absolute Gasteiger partial charge is 0.229 e. The Labute approximate surface area is 95.2 Å². The number of rotatable bonds is 2. The zero-order valence-electron chi connectivity index (χ0n) is 7.77. The van der Waals surface area contributed by atoms with Crippen LogP contribution in [0.1, 0.15) is 25.0 Å². The highest BCUT2D eigenvalue weighted by Crippen LogP contribution is 2.21. The van der Waals surface area contributed by atoms with Crippen LogP contribution >= 0.6 is 23.1 Å². The predicted molar refractivity (Wildman–Crippen MR) is 54.3 cm³/mol. The summed E-state index contributed by atoms with van der Waals surface area (Å²) in [6, 6.07) is 0. The summed E-state index contributed by atoms with van der Waals surface area (Å²) in [5.41, 5.74) is 0.491. The van der Waals surface area contributed by atoms with Gasteiger partial charge in [0.1, 0.15) is 10.0 Å². The number of carbonyl (C=O) groups is 2. The first kappa shape index (κ1) is 10.5. The van der Waals surface area contributed by atoms with Crippen molar-refractivity contribution >= 4 is 34.9 Å². The van der Waals surface area contributed by atoms with Crippen LogP contribution in [0.4, 0.5) is 0 Å². The molecule has 0 atom stereocenters. The highest BCUT2D eigenvalue weighted by Gasteiger charge is 2.27. The molecule has 0 radical (unpaired) electrons. The Kier molecular flexibility index (Phi) is 2.97. The van der Waals surface area contributed by atoms with Gasteiger partial charge in [-0.25, -0.2) is 0 Å². The molecule has 1 aliphatic rings. The fourth-order valence-electron chi connectivity index (χ4n) is 1.42. The van der Waals surface area contributed by atoms with Crippen LogP contribution in [0.3, 0.4) is 0 Å². The number of carbonyl (C=O) groups excluding carboxylic acids is 2. The number of piperidine rings is 1. The summed E-state index contributed by atoms with van der Waals surface area (Å²) < 4.78 is 4.08. The Hall–Kier alpha value is -1.01. The van der Waals surface area contributed by atoms with Crippen molar-refractivity contribution < 1.29 is 9.59 Å². The molecular formula is C8H8ClN3O2S. The molecule has 2 heterocycles. The van der Waals surface area contributed by atoms with E-state index in [2.05, 4.69) is 9.59 Å². The largest absolute Gasteiger partial charge is 0.276 e. The van der Waals surface area contributed by atoms with E-state index in [1.54, 1.807) is 0 Å². The quantitative estimate of drug-likeness (QED) is 0.736. The molecule has 1 aliphatic heterocycles. The molecule has 0 bridgehead atoms. The summed E-state index contributed by atoms with van der Waals surface area (Å²) in [4.78, 5) is 24.1. The third-order valence-electron chi connectivity index (χ3n) is 2.20. The van der Waals surface area contributed by atoms with Crippen molar-refractivity contribution in [2.24, 2.45) is 0 Å². The first-order valence-corrected chi connectivity index (χ1v) is 5.63. The number of nitrogens with zero attached hydrogens (tertiary/aromatic N) is 3. The number of halogens is 1. The average Bonchev–Trinajstić information content (AvgIpc) is 2.58. The van der Waals surface area contributed by atoms with Crippen LogP contribution in [0.25, 0.3) is 0 Å². The van der Waals surface area contributed by atoms with Gasteiger partial charge in [-0.3, -0.25) is 14.5 Å². The maximum atomic E-state index is 11.5. The first-order valence-electron chi connectivity index (χ1n) is 4.48. The van der Waals surface area contributed by atoms with E-state index >= 15 is 0 Å². The lowest BCUT2D eigenvalue weighted by molar-refractivity contribution is -0.148. The van der Waals surface area contributed by atoms with E-state index in [1.807, 2.05) is 0 Å². The summed E-state index contributed by atoms with van der Waals surface area (Å²) in [7, 11) is 0. The SMILES string of the molecule is O=C1CCCC(=O)N1Cc1nnsc1Cl. The number of aromatic nitrogens is 2. The van der Waals surface area contributed by atoms with Crippen LogP contribution in [-0.2, 0) is 16.1 Å². The summed E-state index contributed by atoms with van der Waals surface area (Å²) >= 11 is 6.85. The molecule has 1 aromatic heterocycles. The molecule has 1 fully saturated rings. The van der Waals surface area contributed by atoms with Gasteiger partial charge >= 0.3 is 0 Å². The first-order chi connectivity index (χ1) is 7.18. The van der Waals surface area contributed by atoms with Gasteiger partial charge in [0.2, 0.25) is 11.8 Å². The van der Waals surface area contributed by atoms with E-state index in [4.69, 9.17) is 11.6 Å². The zero-order valence-corrected chi connectivity index (χ0v) is 9.35. The van der Waals surface area contributed by atoms with Crippen molar-refractivity contribution in [2.75, 3.05) is 0 Å². The number of imide groups is 1. The second-order valence-corrected chi connectivity index (χ2v) is 4.58. The van der Waals surface area contributed by atoms with Gasteiger partial charge in [-0.05, 0) is 6.42 Å². The fourth-order valence-corrected chi connectivity index (χ4v) is 2.03. The third kappa shape index (κ3) is 2.15. The van der Waals surface area contributed by atoms with Crippen LogP contribution in [0.15, 0.2) is 0 Å². The number of amides is 2. The lowest BCUT2D eigenvalue weighted by Gasteiger charge is -2.23. The molecule has 0 unspecified atom stereocenters. The van der Waals surface area contributed by atoms with Crippen molar-refractivity contribution in [2.45, 2.75) is 25.8 Å². The van der Waals surface area contributed by atoms with Crippen LogP contribution in [-0.4, -0.2) is 26.3 Å². The molecule has 5 nitrogen and oxygen atoms in total. The predicted octanol–water partition coefficient (Wildman–Crippen LogP) is 1.23. The molecule has 0 aromatic carbocycles. The minimum atomic E-state index is -0.157. The average molecular weight is 246 g/mol. The van der Waals surface area contributed by atoms with Gasteiger partial charge in [-0.2, -0.15) is 0 Å². The molecule has 2 amide bonds. The van der Waals surface area contributed by atoms with Crippen molar-refractivity contribution in [1.29, 1.82) is 0 Å². The summed E-state index contributed by atoms with van der Waals surface area (Å²) in [5.74, 6) is -0.314. The minimum Gasteiger partial charge on any atom is -0.276 e. The van der Waals surface area contributed by atoms with E-state index in [0.29, 0.717) is 29.3 Å². The molecule has 1 saturated heterocycles. The number of hydrogen-bond acceptors (Lipinski definition) is 5. The second-order valence-electron chi connectivity index (χ2n) is 3.22. The Morgan fingerprint density at radius 2 is 2.00 bits per heavy atom. The van der Waals surface area contributed by atoms with Crippen molar-refractivity contribution in [1.82, 2.24) is 14.5 Å². The van der Waals surface area contributed by atoms with Gasteiger partial charge in [0.25, 0.3) is 0 Å². The van der Waals surface area contributed by atoms with E-state index in [-0.39, 0.29) is 18.4 Å². The molecule has 0 N–H and O–H groups in total. The molecule has 15 heavy (non-hydrogen) atoms. The molecule has 7 heteroatoms. The maximum Gasteiger partial charge on any atom is 0.229 e. The standard InChI is InChI=1S/C8H8ClN3O2S/c9-8-5(10-11-15-8)4-12-6(13)2-1-3-7(12)14/h1-4H2. The summed E-state index contributed by atoms with van der Waals surface area (Å²) in [6.45, 7) is 0.146. The molecule has 0 aliphatic carbocycles. The van der Waals surface area contributed by atoms with Gasteiger partial charge in [-0.15, -0.1) is 5.10 Å². The maximum absolute atomic E-state index is 11.5. The highest BCUT2D eigenvalue weighted by molar-refractivity contribution is 7.10. The van der Waals surface area contributed by atoms with Crippen LogP contribution < -0.4 is 0 Å². The number of hydrogen-bond donors (Lipinski definition) is 0. The van der Waals surface area contributed by atoms with E-state index in [0.717, 1.165) is 11.5 Å². The monoisotopic (exact) mass is 245 g/mol. The van der Waals surface area contributed by atoms with Crippen LogP contribution in [0.2, 0.25) is 4.34 Å².